The predicted octanol–water partition coefficient (Wildman–Crippen LogP) is 3.40. The summed E-state index contributed by atoms with van der Waals surface area (Å²) in [6.45, 7) is 4.77. The maximum Gasteiger partial charge on any atom is 0.139 e. The van der Waals surface area contributed by atoms with E-state index >= 15 is 0 Å². The predicted molar refractivity (Wildman–Crippen MR) is 93.3 cm³/mol. The van der Waals surface area contributed by atoms with Crippen molar-refractivity contribution in [1.29, 1.82) is 5.26 Å². The van der Waals surface area contributed by atoms with Crippen LogP contribution in [0.2, 0.25) is 5.15 Å². The molecule has 0 spiro atoms. The number of aromatic nitrogens is 1. The summed E-state index contributed by atoms with van der Waals surface area (Å²) in [6, 6.07) is 6.16. The first-order valence-electron chi connectivity index (χ1n) is 7.48. The third-order valence-electron chi connectivity index (χ3n) is 3.77. The summed E-state index contributed by atoms with van der Waals surface area (Å²) in [7, 11) is 0. The van der Waals surface area contributed by atoms with Crippen LogP contribution in [0.3, 0.4) is 0 Å². The Hall–Kier alpha value is -1.51. The number of nitrogens with zero attached hydrogens (tertiary/aromatic N) is 3. The number of hydrogen-bond acceptors (Lipinski definition) is 4. The Balaban J connectivity index is 2.40. The maximum absolute atomic E-state index is 9.58. The lowest BCUT2D eigenvalue weighted by atomic mass is 9.98. The van der Waals surface area contributed by atoms with Crippen LogP contribution < -0.4 is 5.32 Å². The van der Waals surface area contributed by atoms with Crippen molar-refractivity contribution in [2.24, 2.45) is 16.8 Å². The average Bonchev–Trinajstić information content (AvgIpc) is 3.26. The van der Waals surface area contributed by atoms with Gasteiger partial charge < -0.3 is 5.32 Å². The van der Waals surface area contributed by atoms with Gasteiger partial charge in [0, 0.05) is 18.3 Å². The monoisotopic (exact) mass is 334 g/mol. The van der Waals surface area contributed by atoms with Gasteiger partial charge in [0.2, 0.25) is 0 Å². The van der Waals surface area contributed by atoms with Crippen LogP contribution in [0.15, 0.2) is 23.3 Å². The van der Waals surface area contributed by atoms with Crippen molar-refractivity contribution >= 4 is 34.5 Å². The molecule has 1 aliphatic carbocycles. The van der Waals surface area contributed by atoms with E-state index in [0.717, 1.165) is 12.8 Å². The lowest BCUT2D eigenvalue weighted by molar-refractivity contribution is 0.758. The van der Waals surface area contributed by atoms with E-state index in [4.69, 9.17) is 28.8 Å². The van der Waals surface area contributed by atoms with Crippen molar-refractivity contribution in [2.45, 2.75) is 32.7 Å². The molecule has 1 heterocycles. The zero-order valence-electron chi connectivity index (χ0n) is 12.7. The number of nitrogens with one attached hydrogen (secondary N) is 1. The number of aliphatic imine (C=N–C) groups is 1. The molecule has 0 radical (unpaired) electrons. The summed E-state index contributed by atoms with van der Waals surface area (Å²) >= 11 is 11.6. The fourth-order valence-electron chi connectivity index (χ4n) is 2.40. The van der Waals surface area contributed by atoms with Crippen LogP contribution in [0.4, 0.5) is 0 Å². The summed E-state index contributed by atoms with van der Waals surface area (Å²) in [5, 5.41) is 13.0. The van der Waals surface area contributed by atoms with Gasteiger partial charge in [0.15, 0.2) is 0 Å². The molecule has 0 aromatic carbocycles. The van der Waals surface area contributed by atoms with Gasteiger partial charge in [-0.15, -0.1) is 0 Å². The van der Waals surface area contributed by atoms with Gasteiger partial charge in [0.05, 0.1) is 22.8 Å². The van der Waals surface area contributed by atoms with Crippen molar-refractivity contribution in [2.75, 3.05) is 6.54 Å². The molecule has 2 rings (SSSR count). The summed E-state index contributed by atoms with van der Waals surface area (Å²) in [5.41, 5.74) is 1.32. The first-order chi connectivity index (χ1) is 10.6. The highest BCUT2D eigenvalue weighted by Crippen LogP contribution is 2.37. The molecule has 22 heavy (non-hydrogen) atoms. The molecule has 1 aromatic heterocycles. The SMILES string of the molecule is CCNC(=S)C(C#N)C(=NC1CC1CC)c1cccnc1Cl. The van der Waals surface area contributed by atoms with Gasteiger partial charge >= 0.3 is 0 Å². The number of halogens is 1. The number of pyridine rings is 1. The van der Waals surface area contributed by atoms with E-state index in [1.54, 1.807) is 12.3 Å². The smallest absolute Gasteiger partial charge is 0.139 e. The van der Waals surface area contributed by atoms with Gasteiger partial charge in [-0.05, 0) is 31.4 Å². The van der Waals surface area contributed by atoms with Gasteiger partial charge in [-0.25, -0.2) is 4.98 Å². The van der Waals surface area contributed by atoms with Gasteiger partial charge in [0.25, 0.3) is 0 Å². The highest BCUT2D eigenvalue weighted by atomic mass is 35.5. The van der Waals surface area contributed by atoms with Crippen molar-refractivity contribution < 1.29 is 0 Å². The molecule has 3 atom stereocenters. The Kier molecular flexibility index (Phi) is 5.87. The Morgan fingerprint density at radius 3 is 2.95 bits per heavy atom. The fraction of sp³-hybridized carbons (Fsp3) is 0.500. The molecule has 116 valence electrons. The van der Waals surface area contributed by atoms with E-state index < -0.39 is 5.92 Å². The molecule has 6 heteroatoms. The first kappa shape index (κ1) is 16.9. The number of rotatable bonds is 6. The Bertz CT molecular complexity index is 623. The van der Waals surface area contributed by atoms with Crippen molar-refractivity contribution in [3.8, 4) is 6.07 Å². The highest BCUT2D eigenvalue weighted by molar-refractivity contribution is 7.80. The second kappa shape index (κ2) is 7.66. The van der Waals surface area contributed by atoms with Crippen LogP contribution >= 0.6 is 23.8 Å². The molecule has 1 N–H and O–H groups in total. The average molecular weight is 335 g/mol. The van der Waals surface area contributed by atoms with Crippen molar-refractivity contribution in [3.63, 3.8) is 0 Å². The number of thiocarbonyl (C=S) groups is 1. The van der Waals surface area contributed by atoms with E-state index in [0.29, 0.717) is 33.9 Å². The van der Waals surface area contributed by atoms with Gasteiger partial charge in [-0.3, -0.25) is 4.99 Å². The summed E-state index contributed by atoms with van der Waals surface area (Å²) < 4.78 is 0. The lowest BCUT2D eigenvalue weighted by Crippen LogP contribution is -2.34. The standard InChI is InChI=1S/C16H19ClN4S/c1-3-10-8-13(10)21-14(11-6-5-7-20-15(11)17)12(9-18)16(22)19-4-2/h5-7,10,12-13H,3-4,8H2,1-2H3,(H,19,22). The molecule has 1 aliphatic rings. The van der Waals surface area contributed by atoms with Gasteiger partial charge in [-0.1, -0.05) is 37.2 Å². The zero-order valence-corrected chi connectivity index (χ0v) is 14.3. The number of hydrogen-bond donors (Lipinski definition) is 1. The summed E-state index contributed by atoms with van der Waals surface area (Å²) in [6.07, 6.45) is 3.78. The molecular formula is C16H19ClN4S. The minimum absolute atomic E-state index is 0.261. The molecule has 0 amide bonds. The van der Waals surface area contributed by atoms with E-state index in [-0.39, 0.29) is 6.04 Å². The quantitative estimate of drug-likeness (QED) is 0.492. The summed E-state index contributed by atoms with van der Waals surface area (Å²) in [4.78, 5) is 9.37. The second-order valence-electron chi connectivity index (χ2n) is 5.28. The minimum atomic E-state index is -0.602. The van der Waals surface area contributed by atoms with E-state index in [1.807, 2.05) is 13.0 Å². The largest absolute Gasteiger partial charge is 0.379 e. The Morgan fingerprint density at radius 2 is 2.41 bits per heavy atom. The molecule has 0 bridgehead atoms. The van der Waals surface area contributed by atoms with Crippen LogP contribution in [0, 0.1) is 23.2 Å². The van der Waals surface area contributed by atoms with Crippen LogP contribution in [0.1, 0.15) is 32.3 Å². The van der Waals surface area contributed by atoms with Crippen LogP contribution in [0.5, 0.6) is 0 Å². The highest BCUT2D eigenvalue weighted by Gasteiger charge is 2.37. The molecule has 4 nitrogen and oxygen atoms in total. The Labute approximate surface area is 141 Å². The third kappa shape index (κ3) is 3.82. The third-order valence-corrected chi connectivity index (χ3v) is 4.45. The summed E-state index contributed by atoms with van der Waals surface area (Å²) in [5.74, 6) is -0.00717. The van der Waals surface area contributed by atoms with Crippen molar-refractivity contribution in [1.82, 2.24) is 10.3 Å². The topological polar surface area (TPSA) is 61.1 Å². The number of nitriles is 1. The maximum atomic E-state index is 9.58. The second-order valence-corrected chi connectivity index (χ2v) is 6.08. The minimum Gasteiger partial charge on any atom is -0.379 e. The van der Waals surface area contributed by atoms with Crippen molar-refractivity contribution in [3.05, 3.63) is 29.0 Å². The lowest BCUT2D eigenvalue weighted by Gasteiger charge is -2.16. The Morgan fingerprint density at radius 1 is 1.64 bits per heavy atom. The molecule has 3 unspecified atom stereocenters. The normalized spacial score (nSPS) is 21.8. The molecule has 1 fully saturated rings. The molecule has 1 aromatic rings. The van der Waals surface area contributed by atoms with Crippen LogP contribution in [-0.2, 0) is 0 Å². The first-order valence-corrected chi connectivity index (χ1v) is 8.26. The zero-order chi connectivity index (χ0) is 16.1. The molecule has 1 saturated carbocycles. The molecular weight excluding hydrogens is 316 g/mol. The van der Waals surface area contributed by atoms with Crippen LogP contribution in [0.25, 0.3) is 0 Å². The molecule has 0 saturated heterocycles. The van der Waals surface area contributed by atoms with E-state index in [2.05, 4.69) is 23.3 Å². The van der Waals surface area contributed by atoms with E-state index in [1.165, 1.54) is 0 Å². The van der Waals surface area contributed by atoms with Gasteiger partial charge in [0.1, 0.15) is 11.1 Å². The van der Waals surface area contributed by atoms with E-state index in [9.17, 15) is 5.26 Å². The molecule has 0 aliphatic heterocycles. The van der Waals surface area contributed by atoms with Crippen LogP contribution in [-0.4, -0.2) is 28.3 Å². The fourth-order valence-corrected chi connectivity index (χ4v) is 2.93. The van der Waals surface area contributed by atoms with Gasteiger partial charge in [-0.2, -0.15) is 5.26 Å².